The molecule has 0 fully saturated rings. The van der Waals surface area contributed by atoms with Crippen molar-refractivity contribution < 1.29 is 23.8 Å². The molecule has 0 aliphatic rings. The summed E-state index contributed by atoms with van der Waals surface area (Å²) in [5.74, 6) is -0.415. The molecule has 1 aromatic rings. The maximum atomic E-state index is 11.3. The molecule has 1 rings (SSSR count). The van der Waals surface area contributed by atoms with Crippen molar-refractivity contribution in [2.45, 2.75) is 13.5 Å². The van der Waals surface area contributed by atoms with Gasteiger partial charge in [-0.3, -0.25) is 4.79 Å². The molecule has 0 amide bonds. The Morgan fingerprint density at radius 3 is 2.47 bits per heavy atom. The summed E-state index contributed by atoms with van der Waals surface area (Å²) in [6.07, 6.45) is 0. The van der Waals surface area contributed by atoms with Gasteiger partial charge in [0.05, 0.1) is 6.61 Å². The van der Waals surface area contributed by atoms with Crippen molar-refractivity contribution in [2.24, 2.45) is 5.73 Å². The predicted octanol–water partition coefficient (Wildman–Crippen LogP) is 0.630. The van der Waals surface area contributed by atoms with Crippen LogP contribution in [-0.2, 0) is 25.7 Å². The van der Waals surface area contributed by atoms with Gasteiger partial charge in [0.15, 0.2) is 0 Å². The van der Waals surface area contributed by atoms with E-state index in [2.05, 4.69) is 0 Å². The average Bonchev–Trinajstić information content (AvgIpc) is 2.38. The van der Waals surface area contributed by atoms with Gasteiger partial charge in [0.2, 0.25) is 0 Å². The molecule has 104 valence electrons. The van der Waals surface area contributed by atoms with Gasteiger partial charge in [-0.15, -0.1) is 0 Å². The minimum absolute atomic E-state index is 0.133. The molecule has 2 N–H and O–H groups in total. The Bertz CT molecular complexity index is 416. The van der Waals surface area contributed by atoms with E-state index >= 15 is 0 Å². The van der Waals surface area contributed by atoms with Crippen LogP contribution in [0.1, 0.15) is 12.5 Å². The Morgan fingerprint density at radius 2 is 1.89 bits per heavy atom. The normalized spacial score (nSPS) is 10.0. The van der Waals surface area contributed by atoms with Crippen molar-refractivity contribution in [1.82, 2.24) is 0 Å². The first-order valence-corrected chi connectivity index (χ1v) is 5.82. The first kappa shape index (κ1) is 15.1. The fourth-order valence-corrected chi connectivity index (χ4v) is 1.24. The van der Waals surface area contributed by atoms with Crippen LogP contribution >= 0.6 is 0 Å². The molecular weight excluding hydrogens is 250 g/mol. The van der Waals surface area contributed by atoms with Crippen LogP contribution in [0, 0.1) is 0 Å². The van der Waals surface area contributed by atoms with E-state index in [-0.39, 0.29) is 19.2 Å². The summed E-state index contributed by atoms with van der Waals surface area (Å²) in [6, 6.07) is 6.68. The zero-order valence-corrected chi connectivity index (χ0v) is 10.8. The molecule has 1 aromatic carbocycles. The Kier molecular flexibility index (Phi) is 6.56. The molecule has 0 radical (unpaired) electrons. The summed E-state index contributed by atoms with van der Waals surface area (Å²) in [6.45, 7) is 2.08. The molecule has 19 heavy (non-hydrogen) atoms. The van der Waals surface area contributed by atoms with Crippen molar-refractivity contribution in [3.8, 4) is 5.75 Å². The minimum atomic E-state index is -0.485. The van der Waals surface area contributed by atoms with Crippen molar-refractivity contribution in [3.63, 3.8) is 0 Å². The second-order valence-electron chi connectivity index (χ2n) is 3.74. The molecule has 6 nitrogen and oxygen atoms in total. The number of carbonyl (C=O) groups excluding carboxylic acids is 2. The molecule has 0 aromatic heterocycles. The molecule has 0 aliphatic carbocycles. The molecule has 0 unspecified atom stereocenters. The molecule has 0 saturated heterocycles. The van der Waals surface area contributed by atoms with E-state index in [9.17, 15) is 9.59 Å². The van der Waals surface area contributed by atoms with Crippen molar-refractivity contribution in [3.05, 3.63) is 29.8 Å². The Labute approximate surface area is 111 Å². The summed E-state index contributed by atoms with van der Waals surface area (Å²) in [7, 11) is 0. The fourth-order valence-electron chi connectivity index (χ4n) is 1.24. The maximum absolute atomic E-state index is 11.3. The summed E-state index contributed by atoms with van der Waals surface area (Å²) in [4.78, 5) is 22.0. The number of carbonyl (C=O) groups is 2. The molecule has 0 heterocycles. The van der Waals surface area contributed by atoms with Gasteiger partial charge >= 0.3 is 11.9 Å². The molecule has 0 saturated carbocycles. The number of esters is 2. The van der Waals surface area contributed by atoms with E-state index in [1.807, 2.05) is 0 Å². The smallest absolute Gasteiger partial charge is 0.337 e. The number of rotatable bonds is 7. The monoisotopic (exact) mass is 267 g/mol. The Morgan fingerprint density at radius 1 is 1.21 bits per heavy atom. The van der Waals surface area contributed by atoms with Crippen LogP contribution in [0.25, 0.3) is 0 Å². The van der Waals surface area contributed by atoms with Crippen molar-refractivity contribution in [2.75, 3.05) is 19.8 Å². The van der Waals surface area contributed by atoms with Crippen LogP contribution in [0.3, 0.4) is 0 Å². The summed E-state index contributed by atoms with van der Waals surface area (Å²) in [5.41, 5.74) is 6.03. The van der Waals surface area contributed by atoms with Crippen molar-refractivity contribution >= 4 is 11.9 Å². The molecule has 6 heteroatoms. The standard InChI is InChI=1S/C13H17NO5/c1-10(15)18-8-11-2-4-12(5-3-11)19-13(16)9-17-7-6-14/h2-5H,6-9,14H2,1H3. The van der Waals surface area contributed by atoms with Crippen LogP contribution < -0.4 is 10.5 Å². The quantitative estimate of drug-likeness (QED) is 0.443. The molecule has 0 aliphatic heterocycles. The topological polar surface area (TPSA) is 87.8 Å². The highest BCUT2D eigenvalue weighted by atomic mass is 16.6. The number of hydrogen-bond donors (Lipinski definition) is 1. The van der Waals surface area contributed by atoms with E-state index < -0.39 is 5.97 Å². The zero-order valence-electron chi connectivity index (χ0n) is 10.8. The Balaban J connectivity index is 2.39. The van der Waals surface area contributed by atoms with Gasteiger partial charge in [0, 0.05) is 13.5 Å². The summed E-state index contributed by atoms with van der Waals surface area (Å²) in [5, 5.41) is 0. The highest BCUT2D eigenvalue weighted by Gasteiger charge is 2.05. The third kappa shape index (κ3) is 6.54. The van der Waals surface area contributed by atoms with Crippen LogP contribution in [0.5, 0.6) is 5.75 Å². The molecule has 0 atom stereocenters. The first-order valence-electron chi connectivity index (χ1n) is 5.82. The summed E-state index contributed by atoms with van der Waals surface area (Å²) < 4.78 is 14.8. The van der Waals surface area contributed by atoms with Crippen molar-refractivity contribution in [1.29, 1.82) is 0 Å². The largest absolute Gasteiger partial charge is 0.461 e. The van der Waals surface area contributed by atoms with Crippen LogP contribution in [0.4, 0.5) is 0 Å². The number of ether oxygens (including phenoxy) is 3. The lowest BCUT2D eigenvalue weighted by atomic mass is 10.2. The van der Waals surface area contributed by atoms with Gasteiger partial charge in [-0.1, -0.05) is 12.1 Å². The number of benzene rings is 1. The van der Waals surface area contributed by atoms with Gasteiger partial charge in [0.25, 0.3) is 0 Å². The number of nitrogens with two attached hydrogens (primary N) is 1. The van der Waals surface area contributed by atoms with Gasteiger partial charge in [-0.2, -0.15) is 0 Å². The second kappa shape index (κ2) is 8.23. The SMILES string of the molecule is CC(=O)OCc1ccc(OC(=O)COCCN)cc1. The first-order chi connectivity index (χ1) is 9.11. The van der Waals surface area contributed by atoms with Crippen LogP contribution in [0.2, 0.25) is 0 Å². The fraction of sp³-hybridized carbons (Fsp3) is 0.385. The predicted molar refractivity (Wildman–Crippen MR) is 67.4 cm³/mol. The summed E-state index contributed by atoms with van der Waals surface area (Å²) >= 11 is 0. The minimum Gasteiger partial charge on any atom is -0.461 e. The number of hydrogen-bond acceptors (Lipinski definition) is 6. The van der Waals surface area contributed by atoms with E-state index in [4.69, 9.17) is 19.9 Å². The highest BCUT2D eigenvalue weighted by molar-refractivity contribution is 5.73. The zero-order chi connectivity index (χ0) is 14.1. The van der Waals surface area contributed by atoms with Gasteiger partial charge in [-0.25, -0.2) is 4.79 Å². The molecule has 0 bridgehead atoms. The third-order valence-corrected chi connectivity index (χ3v) is 2.08. The van der Waals surface area contributed by atoms with Gasteiger partial charge in [-0.05, 0) is 17.7 Å². The lowest BCUT2D eigenvalue weighted by molar-refractivity contribution is -0.142. The van der Waals surface area contributed by atoms with E-state index in [1.54, 1.807) is 24.3 Å². The molecule has 0 spiro atoms. The van der Waals surface area contributed by atoms with Gasteiger partial charge in [0.1, 0.15) is 19.0 Å². The lowest BCUT2D eigenvalue weighted by Gasteiger charge is -2.06. The van der Waals surface area contributed by atoms with Gasteiger partial charge < -0.3 is 19.9 Å². The van der Waals surface area contributed by atoms with Crippen LogP contribution in [0.15, 0.2) is 24.3 Å². The average molecular weight is 267 g/mol. The highest BCUT2D eigenvalue weighted by Crippen LogP contribution is 2.13. The molecular formula is C13H17NO5. The van der Waals surface area contributed by atoms with Crippen LogP contribution in [-0.4, -0.2) is 31.7 Å². The maximum Gasteiger partial charge on any atom is 0.337 e. The van der Waals surface area contributed by atoms with E-state index in [0.29, 0.717) is 18.9 Å². The van der Waals surface area contributed by atoms with E-state index in [0.717, 1.165) is 5.56 Å². The lowest BCUT2D eigenvalue weighted by Crippen LogP contribution is -2.18. The van der Waals surface area contributed by atoms with E-state index in [1.165, 1.54) is 6.92 Å². The second-order valence-corrected chi connectivity index (χ2v) is 3.74. The Hall–Kier alpha value is -1.92. The third-order valence-electron chi connectivity index (χ3n) is 2.08.